The van der Waals surface area contributed by atoms with Crippen LogP contribution in [0, 0.1) is 25.2 Å². The van der Waals surface area contributed by atoms with Gasteiger partial charge in [-0.2, -0.15) is 5.26 Å². The maximum atomic E-state index is 12.8. The van der Waals surface area contributed by atoms with Gasteiger partial charge in [-0.25, -0.2) is 0 Å². The SMILES string of the molecule is CCCn1cnnc1C(C)NC(=O)c1cccc(-c2cc(C)c(C#N)c(C)n2)c1. The zero-order chi connectivity index (χ0) is 21.0. The fourth-order valence-corrected chi connectivity index (χ4v) is 3.33. The number of carbonyl (C=O) groups excluding carboxylic acids is 1. The van der Waals surface area contributed by atoms with E-state index in [1.807, 2.05) is 49.6 Å². The average Bonchev–Trinajstić information content (AvgIpc) is 3.16. The Morgan fingerprint density at radius 1 is 1.31 bits per heavy atom. The topological polar surface area (TPSA) is 96.5 Å². The zero-order valence-electron chi connectivity index (χ0n) is 17.1. The predicted molar refractivity (Wildman–Crippen MR) is 110 cm³/mol. The van der Waals surface area contributed by atoms with Crippen LogP contribution in [0.15, 0.2) is 36.7 Å². The van der Waals surface area contributed by atoms with Crippen LogP contribution in [-0.4, -0.2) is 25.7 Å². The Morgan fingerprint density at radius 2 is 2.10 bits per heavy atom. The molecule has 1 atom stereocenters. The Kier molecular flexibility index (Phi) is 6.03. The Balaban J connectivity index is 1.83. The lowest BCUT2D eigenvalue weighted by molar-refractivity contribution is 0.0937. The molecule has 2 aromatic heterocycles. The van der Waals surface area contributed by atoms with Crippen LogP contribution in [0.5, 0.6) is 0 Å². The third-order valence-electron chi connectivity index (χ3n) is 4.77. The van der Waals surface area contributed by atoms with Crippen molar-refractivity contribution in [3.63, 3.8) is 0 Å². The lowest BCUT2D eigenvalue weighted by Crippen LogP contribution is -2.28. The molecule has 1 aromatic carbocycles. The van der Waals surface area contributed by atoms with E-state index in [2.05, 4.69) is 33.5 Å². The molecule has 1 N–H and O–H groups in total. The van der Waals surface area contributed by atoms with Gasteiger partial charge in [-0.15, -0.1) is 10.2 Å². The van der Waals surface area contributed by atoms with E-state index in [1.54, 1.807) is 12.4 Å². The van der Waals surface area contributed by atoms with Crippen molar-refractivity contribution in [3.8, 4) is 17.3 Å². The number of benzene rings is 1. The van der Waals surface area contributed by atoms with Gasteiger partial charge in [-0.3, -0.25) is 9.78 Å². The Hall–Kier alpha value is -3.53. The first-order valence-corrected chi connectivity index (χ1v) is 9.62. The molecule has 0 aliphatic rings. The maximum Gasteiger partial charge on any atom is 0.251 e. The van der Waals surface area contributed by atoms with E-state index in [0.29, 0.717) is 16.8 Å². The van der Waals surface area contributed by atoms with Gasteiger partial charge in [0.15, 0.2) is 5.82 Å². The molecule has 0 bridgehead atoms. The van der Waals surface area contributed by atoms with Crippen molar-refractivity contribution in [1.82, 2.24) is 25.1 Å². The molecule has 0 aliphatic carbocycles. The van der Waals surface area contributed by atoms with Gasteiger partial charge in [-0.1, -0.05) is 19.1 Å². The van der Waals surface area contributed by atoms with E-state index in [0.717, 1.165) is 35.6 Å². The van der Waals surface area contributed by atoms with Gasteiger partial charge >= 0.3 is 0 Å². The number of hydrogen-bond acceptors (Lipinski definition) is 5. The van der Waals surface area contributed by atoms with Crippen molar-refractivity contribution in [2.24, 2.45) is 0 Å². The highest BCUT2D eigenvalue weighted by Gasteiger charge is 2.17. The summed E-state index contributed by atoms with van der Waals surface area (Å²) in [5, 5.41) is 20.3. The van der Waals surface area contributed by atoms with Crippen LogP contribution >= 0.6 is 0 Å². The minimum atomic E-state index is -0.266. The third kappa shape index (κ3) is 4.32. The van der Waals surface area contributed by atoms with Crippen molar-refractivity contribution < 1.29 is 4.79 Å². The monoisotopic (exact) mass is 388 g/mol. The smallest absolute Gasteiger partial charge is 0.251 e. The summed E-state index contributed by atoms with van der Waals surface area (Å²) in [5.74, 6) is 0.545. The van der Waals surface area contributed by atoms with Gasteiger partial charge in [0.05, 0.1) is 23.0 Å². The molecule has 1 amide bonds. The number of nitriles is 1. The lowest BCUT2D eigenvalue weighted by Gasteiger charge is -2.15. The number of nitrogens with one attached hydrogen (secondary N) is 1. The minimum Gasteiger partial charge on any atom is -0.342 e. The molecule has 148 valence electrons. The summed E-state index contributed by atoms with van der Waals surface area (Å²) in [6, 6.07) is 11.1. The molecule has 7 heteroatoms. The number of rotatable bonds is 6. The molecule has 2 heterocycles. The highest BCUT2D eigenvalue weighted by molar-refractivity contribution is 5.95. The number of aromatic nitrogens is 4. The molecular formula is C22H24N6O. The Morgan fingerprint density at radius 3 is 2.79 bits per heavy atom. The first-order chi connectivity index (χ1) is 13.9. The quantitative estimate of drug-likeness (QED) is 0.694. The second kappa shape index (κ2) is 8.65. The van der Waals surface area contributed by atoms with E-state index < -0.39 is 0 Å². The number of nitrogens with zero attached hydrogens (tertiary/aromatic N) is 5. The summed E-state index contributed by atoms with van der Waals surface area (Å²) in [6.45, 7) is 8.49. The fraction of sp³-hybridized carbons (Fsp3) is 0.318. The highest BCUT2D eigenvalue weighted by Crippen LogP contribution is 2.23. The number of amides is 1. The number of hydrogen-bond donors (Lipinski definition) is 1. The second-order valence-corrected chi connectivity index (χ2v) is 7.06. The van der Waals surface area contributed by atoms with E-state index in [9.17, 15) is 10.1 Å². The fourth-order valence-electron chi connectivity index (χ4n) is 3.33. The summed E-state index contributed by atoms with van der Waals surface area (Å²) in [6.07, 6.45) is 2.65. The Bertz CT molecular complexity index is 1060. The van der Waals surface area contributed by atoms with E-state index in [4.69, 9.17) is 0 Å². The molecule has 0 fully saturated rings. The van der Waals surface area contributed by atoms with Gasteiger partial charge in [0.25, 0.3) is 5.91 Å². The molecule has 29 heavy (non-hydrogen) atoms. The average molecular weight is 388 g/mol. The number of pyridine rings is 1. The molecule has 0 spiro atoms. The molecule has 7 nitrogen and oxygen atoms in total. The van der Waals surface area contributed by atoms with Crippen LogP contribution in [0.3, 0.4) is 0 Å². The molecule has 0 radical (unpaired) electrons. The van der Waals surface area contributed by atoms with Gasteiger partial charge in [0.2, 0.25) is 0 Å². The first-order valence-electron chi connectivity index (χ1n) is 9.62. The third-order valence-corrected chi connectivity index (χ3v) is 4.77. The summed E-state index contributed by atoms with van der Waals surface area (Å²) < 4.78 is 1.95. The Labute approximate surface area is 170 Å². The van der Waals surface area contributed by atoms with Crippen molar-refractivity contribution in [2.75, 3.05) is 0 Å². The van der Waals surface area contributed by atoms with Crippen molar-refractivity contribution in [3.05, 3.63) is 64.9 Å². The summed E-state index contributed by atoms with van der Waals surface area (Å²) in [4.78, 5) is 17.3. The largest absolute Gasteiger partial charge is 0.342 e. The molecular weight excluding hydrogens is 364 g/mol. The predicted octanol–water partition coefficient (Wildman–Crippen LogP) is 3.73. The minimum absolute atomic E-state index is 0.188. The van der Waals surface area contributed by atoms with Crippen LogP contribution in [-0.2, 0) is 6.54 Å². The van der Waals surface area contributed by atoms with E-state index in [-0.39, 0.29) is 11.9 Å². The van der Waals surface area contributed by atoms with Gasteiger partial charge in [0, 0.05) is 17.7 Å². The lowest BCUT2D eigenvalue weighted by atomic mass is 10.0. The van der Waals surface area contributed by atoms with Gasteiger partial charge in [0.1, 0.15) is 12.4 Å². The first kappa shape index (κ1) is 20.2. The normalized spacial score (nSPS) is 11.7. The van der Waals surface area contributed by atoms with Crippen LogP contribution in [0.25, 0.3) is 11.3 Å². The molecule has 0 saturated carbocycles. The molecule has 0 aliphatic heterocycles. The summed E-state index contributed by atoms with van der Waals surface area (Å²) in [5.41, 5.74) is 4.25. The van der Waals surface area contributed by atoms with Crippen LogP contribution < -0.4 is 5.32 Å². The molecule has 1 unspecified atom stereocenters. The van der Waals surface area contributed by atoms with Crippen LogP contribution in [0.1, 0.15) is 59.3 Å². The summed E-state index contributed by atoms with van der Waals surface area (Å²) in [7, 11) is 0. The highest BCUT2D eigenvalue weighted by atomic mass is 16.1. The maximum absolute atomic E-state index is 12.8. The molecule has 3 rings (SSSR count). The van der Waals surface area contributed by atoms with Crippen LogP contribution in [0.4, 0.5) is 0 Å². The second-order valence-electron chi connectivity index (χ2n) is 7.06. The van der Waals surface area contributed by atoms with Gasteiger partial charge < -0.3 is 9.88 Å². The zero-order valence-corrected chi connectivity index (χ0v) is 17.1. The van der Waals surface area contributed by atoms with Crippen molar-refractivity contribution in [2.45, 2.75) is 46.7 Å². The number of aryl methyl sites for hydroxylation is 3. The summed E-state index contributed by atoms with van der Waals surface area (Å²) >= 11 is 0. The van der Waals surface area contributed by atoms with Crippen LogP contribution in [0.2, 0.25) is 0 Å². The number of carbonyl (C=O) groups is 1. The molecule has 0 saturated heterocycles. The van der Waals surface area contributed by atoms with Crippen molar-refractivity contribution in [1.29, 1.82) is 5.26 Å². The molecule has 3 aromatic rings. The standard InChI is InChI=1S/C22H24N6O/c1-5-9-28-13-24-27-21(28)16(4)26-22(29)18-8-6-7-17(11-18)20-10-14(2)19(12-23)15(3)25-20/h6-8,10-11,13,16H,5,9H2,1-4H3,(H,26,29). The van der Waals surface area contributed by atoms with Crippen molar-refractivity contribution >= 4 is 5.91 Å². The van der Waals surface area contributed by atoms with E-state index in [1.165, 1.54) is 0 Å². The van der Waals surface area contributed by atoms with Gasteiger partial charge in [-0.05, 0) is 51.0 Å². The van der Waals surface area contributed by atoms with E-state index >= 15 is 0 Å².